The SMILES string of the molecule is Cc1[nH]c2ccccc2c1CCC1CN(C)CCN1. The maximum Gasteiger partial charge on any atom is 0.0458 e. The van der Waals surface area contributed by atoms with E-state index in [1.807, 2.05) is 0 Å². The predicted molar refractivity (Wildman–Crippen MR) is 80.6 cm³/mol. The van der Waals surface area contributed by atoms with Crippen LogP contribution < -0.4 is 5.32 Å². The van der Waals surface area contributed by atoms with E-state index in [2.05, 4.69) is 53.4 Å². The van der Waals surface area contributed by atoms with Crippen LogP contribution in [0.4, 0.5) is 0 Å². The van der Waals surface area contributed by atoms with Gasteiger partial charge in [-0.05, 0) is 38.4 Å². The number of H-pyrrole nitrogens is 1. The molecule has 0 spiro atoms. The summed E-state index contributed by atoms with van der Waals surface area (Å²) in [6.07, 6.45) is 2.37. The smallest absolute Gasteiger partial charge is 0.0458 e. The second-order valence-corrected chi connectivity index (χ2v) is 5.73. The predicted octanol–water partition coefficient (Wildman–Crippen LogP) is 2.31. The van der Waals surface area contributed by atoms with Gasteiger partial charge in [-0.15, -0.1) is 0 Å². The van der Waals surface area contributed by atoms with E-state index < -0.39 is 0 Å². The molecular formula is C16H23N3. The van der Waals surface area contributed by atoms with Crippen molar-refractivity contribution in [1.82, 2.24) is 15.2 Å². The number of benzene rings is 1. The van der Waals surface area contributed by atoms with Gasteiger partial charge >= 0.3 is 0 Å². The zero-order valence-electron chi connectivity index (χ0n) is 11.9. The van der Waals surface area contributed by atoms with E-state index in [9.17, 15) is 0 Å². The topological polar surface area (TPSA) is 31.1 Å². The average molecular weight is 257 g/mol. The molecule has 1 aliphatic rings. The molecular weight excluding hydrogens is 234 g/mol. The fourth-order valence-electron chi connectivity index (χ4n) is 3.16. The molecule has 2 heterocycles. The number of fused-ring (bicyclic) bond motifs is 1. The van der Waals surface area contributed by atoms with Crippen LogP contribution in [0.15, 0.2) is 24.3 Å². The number of piperazine rings is 1. The number of nitrogens with one attached hydrogen (secondary N) is 2. The third kappa shape index (κ3) is 2.67. The highest BCUT2D eigenvalue weighted by molar-refractivity contribution is 5.84. The summed E-state index contributed by atoms with van der Waals surface area (Å²) in [5, 5.41) is 5.02. The standard InChI is InChI=1S/C16H23N3/c1-12-14(15-5-3-4-6-16(15)18-12)8-7-13-11-19(2)10-9-17-13/h3-6,13,17-18H,7-11H2,1-2H3. The summed E-state index contributed by atoms with van der Waals surface area (Å²) in [6, 6.07) is 9.25. The minimum absolute atomic E-state index is 0.631. The molecule has 0 bridgehead atoms. The van der Waals surface area contributed by atoms with Crippen LogP contribution in [0.1, 0.15) is 17.7 Å². The van der Waals surface area contributed by atoms with Crippen LogP contribution in [0, 0.1) is 6.92 Å². The van der Waals surface area contributed by atoms with Crippen molar-refractivity contribution in [2.24, 2.45) is 0 Å². The van der Waals surface area contributed by atoms with Crippen molar-refractivity contribution in [3.8, 4) is 0 Å². The summed E-state index contributed by atoms with van der Waals surface area (Å²) in [5.74, 6) is 0. The van der Waals surface area contributed by atoms with Crippen molar-refractivity contribution >= 4 is 10.9 Å². The van der Waals surface area contributed by atoms with Gasteiger partial charge in [0, 0.05) is 42.3 Å². The third-order valence-electron chi connectivity index (χ3n) is 4.23. The van der Waals surface area contributed by atoms with Crippen molar-refractivity contribution in [3.63, 3.8) is 0 Å². The van der Waals surface area contributed by atoms with Crippen LogP contribution >= 0.6 is 0 Å². The van der Waals surface area contributed by atoms with E-state index in [0.29, 0.717) is 6.04 Å². The number of hydrogen-bond acceptors (Lipinski definition) is 2. The van der Waals surface area contributed by atoms with Crippen molar-refractivity contribution in [3.05, 3.63) is 35.5 Å². The number of nitrogens with zero attached hydrogens (tertiary/aromatic N) is 1. The highest BCUT2D eigenvalue weighted by atomic mass is 15.2. The normalized spacial score (nSPS) is 21.1. The molecule has 1 fully saturated rings. The van der Waals surface area contributed by atoms with Gasteiger partial charge in [0.25, 0.3) is 0 Å². The summed E-state index contributed by atoms with van der Waals surface area (Å²) in [4.78, 5) is 5.91. The van der Waals surface area contributed by atoms with Crippen LogP contribution in [0.25, 0.3) is 10.9 Å². The van der Waals surface area contributed by atoms with Gasteiger partial charge in [0.2, 0.25) is 0 Å². The van der Waals surface area contributed by atoms with Crippen LogP contribution in [0.2, 0.25) is 0 Å². The fraction of sp³-hybridized carbons (Fsp3) is 0.500. The Morgan fingerprint density at radius 3 is 3.00 bits per heavy atom. The first-order chi connectivity index (χ1) is 9.24. The van der Waals surface area contributed by atoms with Gasteiger partial charge in [0.05, 0.1) is 0 Å². The highest BCUT2D eigenvalue weighted by Gasteiger charge is 2.17. The van der Waals surface area contributed by atoms with E-state index in [4.69, 9.17) is 0 Å². The van der Waals surface area contributed by atoms with Gasteiger partial charge < -0.3 is 15.2 Å². The monoisotopic (exact) mass is 257 g/mol. The molecule has 1 unspecified atom stereocenters. The zero-order chi connectivity index (χ0) is 13.2. The van der Waals surface area contributed by atoms with E-state index in [1.54, 1.807) is 0 Å². The quantitative estimate of drug-likeness (QED) is 0.884. The van der Waals surface area contributed by atoms with Crippen LogP contribution in [0.5, 0.6) is 0 Å². The Labute approximate surface area is 115 Å². The lowest BCUT2D eigenvalue weighted by atomic mass is 10.0. The zero-order valence-corrected chi connectivity index (χ0v) is 11.9. The summed E-state index contributed by atoms with van der Waals surface area (Å²) >= 11 is 0. The Morgan fingerprint density at radius 1 is 1.32 bits per heavy atom. The lowest BCUT2D eigenvalue weighted by Crippen LogP contribution is -2.49. The Bertz CT molecular complexity index is 558. The van der Waals surface area contributed by atoms with Gasteiger partial charge in [-0.1, -0.05) is 18.2 Å². The van der Waals surface area contributed by atoms with Gasteiger partial charge in [-0.25, -0.2) is 0 Å². The second-order valence-electron chi connectivity index (χ2n) is 5.73. The number of likely N-dealkylation sites (N-methyl/N-ethyl adjacent to an activating group) is 1. The molecule has 2 N–H and O–H groups in total. The first-order valence-corrected chi connectivity index (χ1v) is 7.22. The molecule has 102 valence electrons. The van der Waals surface area contributed by atoms with E-state index in [0.717, 1.165) is 13.0 Å². The Kier molecular flexibility index (Phi) is 3.58. The molecule has 1 atom stereocenters. The lowest BCUT2D eigenvalue weighted by Gasteiger charge is -2.31. The third-order valence-corrected chi connectivity index (χ3v) is 4.23. The van der Waals surface area contributed by atoms with Crippen molar-refractivity contribution in [2.45, 2.75) is 25.8 Å². The van der Waals surface area contributed by atoms with Crippen LogP contribution in [-0.4, -0.2) is 42.6 Å². The molecule has 0 radical (unpaired) electrons. The maximum absolute atomic E-state index is 3.63. The van der Waals surface area contributed by atoms with Crippen LogP contribution in [-0.2, 0) is 6.42 Å². The van der Waals surface area contributed by atoms with Crippen molar-refractivity contribution in [1.29, 1.82) is 0 Å². The van der Waals surface area contributed by atoms with Gasteiger partial charge in [0.15, 0.2) is 0 Å². The summed E-state index contributed by atoms with van der Waals surface area (Å²) < 4.78 is 0. The van der Waals surface area contributed by atoms with E-state index in [-0.39, 0.29) is 0 Å². The molecule has 0 amide bonds. The average Bonchev–Trinajstić information content (AvgIpc) is 2.72. The number of aromatic nitrogens is 1. The van der Waals surface area contributed by atoms with Gasteiger partial charge in [-0.2, -0.15) is 0 Å². The second kappa shape index (κ2) is 5.35. The summed E-state index contributed by atoms with van der Waals surface area (Å²) in [7, 11) is 2.21. The molecule has 0 aliphatic carbocycles. The Balaban J connectivity index is 1.73. The molecule has 0 saturated carbocycles. The lowest BCUT2D eigenvalue weighted by molar-refractivity contribution is 0.232. The summed E-state index contributed by atoms with van der Waals surface area (Å²) in [5.41, 5.74) is 4.08. The molecule has 1 aromatic carbocycles. The molecule has 1 saturated heterocycles. The first-order valence-electron chi connectivity index (χ1n) is 7.22. The Hall–Kier alpha value is -1.32. The highest BCUT2D eigenvalue weighted by Crippen LogP contribution is 2.23. The van der Waals surface area contributed by atoms with Crippen molar-refractivity contribution in [2.75, 3.05) is 26.7 Å². The first kappa shape index (κ1) is 12.7. The molecule has 2 aromatic rings. The minimum Gasteiger partial charge on any atom is -0.358 e. The fourth-order valence-corrected chi connectivity index (χ4v) is 3.16. The molecule has 3 heteroatoms. The van der Waals surface area contributed by atoms with Crippen molar-refractivity contribution < 1.29 is 0 Å². The van der Waals surface area contributed by atoms with Gasteiger partial charge in [-0.3, -0.25) is 0 Å². The molecule has 3 rings (SSSR count). The number of hydrogen-bond donors (Lipinski definition) is 2. The molecule has 1 aromatic heterocycles. The number of para-hydroxylation sites is 1. The summed E-state index contributed by atoms with van der Waals surface area (Å²) in [6.45, 7) is 5.65. The van der Waals surface area contributed by atoms with Crippen LogP contribution in [0.3, 0.4) is 0 Å². The minimum atomic E-state index is 0.631. The van der Waals surface area contributed by atoms with Gasteiger partial charge in [0.1, 0.15) is 0 Å². The maximum atomic E-state index is 3.63. The Morgan fingerprint density at radius 2 is 2.16 bits per heavy atom. The molecule has 1 aliphatic heterocycles. The number of aryl methyl sites for hydroxylation is 2. The largest absolute Gasteiger partial charge is 0.358 e. The van der Waals surface area contributed by atoms with E-state index >= 15 is 0 Å². The number of rotatable bonds is 3. The van der Waals surface area contributed by atoms with E-state index in [1.165, 1.54) is 41.7 Å². The number of aromatic amines is 1. The molecule has 3 nitrogen and oxygen atoms in total. The molecule has 19 heavy (non-hydrogen) atoms.